The number of rotatable bonds is 6. The molecule has 3 aromatic rings. The van der Waals surface area contributed by atoms with Gasteiger partial charge in [-0.05, 0) is 42.5 Å². The summed E-state index contributed by atoms with van der Waals surface area (Å²) in [7, 11) is 0. The van der Waals surface area contributed by atoms with Gasteiger partial charge in [0, 0.05) is 10.6 Å². The smallest absolute Gasteiger partial charge is 0.342 e. The van der Waals surface area contributed by atoms with Gasteiger partial charge in [-0.3, -0.25) is 4.79 Å². The number of nitrogens with one attached hydrogen (secondary N) is 1. The highest BCUT2D eigenvalue weighted by atomic mass is 35.5. The number of halogens is 1. The lowest BCUT2D eigenvalue weighted by atomic mass is 10.1. The fourth-order valence-corrected chi connectivity index (χ4v) is 4.02. The molecule has 0 bridgehead atoms. The van der Waals surface area contributed by atoms with Crippen molar-refractivity contribution in [2.75, 3.05) is 6.61 Å². The van der Waals surface area contributed by atoms with E-state index in [2.05, 4.69) is 10.3 Å². The molecule has 0 fully saturated rings. The molecule has 5 nitrogen and oxygen atoms in total. The Morgan fingerprint density at radius 2 is 1.93 bits per heavy atom. The highest BCUT2D eigenvalue weighted by Gasteiger charge is 2.21. The Hall–Kier alpha value is -2.70. The van der Waals surface area contributed by atoms with Crippen molar-refractivity contribution in [3.05, 3.63) is 86.3 Å². The molecule has 7 heteroatoms. The second-order valence-electron chi connectivity index (χ2n) is 6.25. The van der Waals surface area contributed by atoms with E-state index in [0.29, 0.717) is 11.3 Å². The Balaban J connectivity index is 1.68. The second-order valence-corrected chi connectivity index (χ2v) is 7.59. The Kier molecular flexibility index (Phi) is 6.44. The van der Waals surface area contributed by atoms with Gasteiger partial charge in [0.1, 0.15) is 5.15 Å². The van der Waals surface area contributed by atoms with Crippen LogP contribution in [0.3, 0.4) is 0 Å². The van der Waals surface area contributed by atoms with Gasteiger partial charge in [0.2, 0.25) is 0 Å². The van der Waals surface area contributed by atoms with Gasteiger partial charge >= 0.3 is 5.97 Å². The van der Waals surface area contributed by atoms with E-state index in [0.717, 1.165) is 10.4 Å². The van der Waals surface area contributed by atoms with Crippen molar-refractivity contribution in [2.45, 2.75) is 19.9 Å². The molecule has 1 atom stereocenters. The number of esters is 1. The van der Waals surface area contributed by atoms with E-state index in [1.807, 2.05) is 47.8 Å². The molecule has 3 rings (SSSR count). The average molecular weight is 415 g/mol. The summed E-state index contributed by atoms with van der Waals surface area (Å²) in [6, 6.07) is 14.9. The van der Waals surface area contributed by atoms with E-state index >= 15 is 0 Å². The van der Waals surface area contributed by atoms with Gasteiger partial charge in [-0.2, -0.15) is 0 Å². The minimum atomic E-state index is -0.669. The van der Waals surface area contributed by atoms with Crippen LogP contribution in [0.4, 0.5) is 0 Å². The molecule has 2 aromatic heterocycles. The lowest BCUT2D eigenvalue weighted by Crippen LogP contribution is -2.32. The third-order valence-corrected chi connectivity index (χ3v) is 5.32. The fraction of sp³-hybridized carbons (Fsp3) is 0.190. The van der Waals surface area contributed by atoms with Crippen molar-refractivity contribution >= 4 is 34.8 Å². The Morgan fingerprint density at radius 1 is 1.18 bits per heavy atom. The van der Waals surface area contributed by atoms with Crippen molar-refractivity contribution in [3.8, 4) is 0 Å². The quantitative estimate of drug-likeness (QED) is 0.477. The number of benzene rings is 1. The standard InChI is InChI=1S/C21H19ClN2O3S/c1-13-11-14(2)23-20(22)18(13)21(26)27-12-17(25)24-19(16-9-6-10-28-16)15-7-4-3-5-8-15/h3-11,19H,12H2,1-2H3,(H,24,25)/t19-/m0/s1. The van der Waals surface area contributed by atoms with Crippen LogP contribution in [0.5, 0.6) is 0 Å². The number of carbonyl (C=O) groups excluding carboxylic acids is 2. The molecule has 2 heterocycles. The van der Waals surface area contributed by atoms with Gasteiger partial charge in [-0.15, -0.1) is 11.3 Å². The predicted octanol–water partition coefficient (Wildman–Crippen LogP) is 4.48. The maximum absolute atomic E-state index is 12.4. The highest BCUT2D eigenvalue weighted by molar-refractivity contribution is 7.10. The highest BCUT2D eigenvalue weighted by Crippen LogP contribution is 2.26. The lowest BCUT2D eigenvalue weighted by molar-refractivity contribution is -0.124. The SMILES string of the molecule is Cc1cc(C)c(C(=O)OCC(=O)N[C@@H](c2ccccc2)c2cccs2)c(Cl)n1. The molecule has 0 radical (unpaired) electrons. The minimum absolute atomic E-state index is 0.0728. The molecule has 0 aliphatic rings. The van der Waals surface area contributed by atoms with Gasteiger partial charge in [-0.25, -0.2) is 9.78 Å². The monoisotopic (exact) mass is 414 g/mol. The maximum atomic E-state index is 12.4. The molecule has 28 heavy (non-hydrogen) atoms. The Bertz CT molecular complexity index is 952. The van der Waals surface area contributed by atoms with Crippen LogP contribution < -0.4 is 5.32 Å². The third kappa shape index (κ3) is 4.77. The largest absolute Gasteiger partial charge is 0.452 e. The van der Waals surface area contributed by atoms with Crippen LogP contribution in [0.2, 0.25) is 5.15 Å². The fourth-order valence-electron chi connectivity index (χ4n) is 2.86. The van der Waals surface area contributed by atoms with Crippen LogP contribution in [0.15, 0.2) is 53.9 Å². The molecule has 1 N–H and O–H groups in total. The van der Waals surface area contributed by atoms with Crippen molar-refractivity contribution < 1.29 is 14.3 Å². The number of hydrogen-bond acceptors (Lipinski definition) is 5. The van der Waals surface area contributed by atoms with Crippen LogP contribution in [0, 0.1) is 13.8 Å². The molecule has 1 aromatic carbocycles. The summed E-state index contributed by atoms with van der Waals surface area (Å²) in [5.74, 6) is -1.07. The number of hydrogen-bond donors (Lipinski definition) is 1. The average Bonchev–Trinajstić information content (AvgIpc) is 3.18. The molecular weight excluding hydrogens is 396 g/mol. The first-order valence-corrected chi connectivity index (χ1v) is 9.90. The Labute approximate surface area is 172 Å². The van der Waals surface area contributed by atoms with E-state index in [-0.39, 0.29) is 16.8 Å². The maximum Gasteiger partial charge on any atom is 0.342 e. The summed E-state index contributed by atoms with van der Waals surface area (Å²) < 4.78 is 5.17. The Morgan fingerprint density at radius 3 is 2.57 bits per heavy atom. The predicted molar refractivity (Wildman–Crippen MR) is 110 cm³/mol. The lowest BCUT2D eigenvalue weighted by Gasteiger charge is -2.18. The molecule has 0 aliphatic heterocycles. The van der Waals surface area contributed by atoms with E-state index in [4.69, 9.17) is 16.3 Å². The van der Waals surface area contributed by atoms with E-state index in [1.54, 1.807) is 31.3 Å². The summed E-state index contributed by atoms with van der Waals surface area (Å²) in [6.07, 6.45) is 0. The molecule has 0 unspecified atom stereocenters. The molecule has 0 saturated carbocycles. The van der Waals surface area contributed by atoms with E-state index in [1.165, 1.54) is 0 Å². The molecule has 0 saturated heterocycles. The van der Waals surface area contributed by atoms with Crippen molar-refractivity contribution in [2.24, 2.45) is 0 Å². The van der Waals surface area contributed by atoms with Crippen molar-refractivity contribution in [1.29, 1.82) is 0 Å². The second kappa shape index (κ2) is 8.99. The van der Waals surface area contributed by atoms with Crippen LogP contribution in [0.1, 0.15) is 38.1 Å². The number of pyridine rings is 1. The molecule has 144 valence electrons. The molecule has 1 amide bonds. The first-order valence-electron chi connectivity index (χ1n) is 8.64. The van der Waals surface area contributed by atoms with Gasteiger partial charge in [-0.1, -0.05) is 48.0 Å². The molecule has 0 spiro atoms. The zero-order chi connectivity index (χ0) is 20.1. The zero-order valence-corrected chi connectivity index (χ0v) is 17.0. The summed E-state index contributed by atoms with van der Waals surface area (Å²) in [5.41, 5.74) is 2.49. The summed E-state index contributed by atoms with van der Waals surface area (Å²) >= 11 is 7.61. The number of amides is 1. The number of ether oxygens (including phenoxy) is 1. The first-order chi connectivity index (χ1) is 13.5. The number of nitrogens with zero attached hydrogens (tertiary/aromatic N) is 1. The number of aromatic nitrogens is 1. The molecular formula is C21H19ClN2O3S. The van der Waals surface area contributed by atoms with Crippen molar-refractivity contribution in [1.82, 2.24) is 10.3 Å². The topological polar surface area (TPSA) is 68.3 Å². The number of carbonyl (C=O) groups is 2. The third-order valence-electron chi connectivity index (χ3n) is 4.10. The summed E-state index contributed by atoms with van der Waals surface area (Å²) in [6.45, 7) is 3.13. The minimum Gasteiger partial charge on any atom is -0.452 e. The summed E-state index contributed by atoms with van der Waals surface area (Å²) in [4.78, 5) is 29.9. The van der Waals surface area contributed by atoms with E-state index < -0.39 is 18.5 Å². The zero-order valence-electron chi connectivity index (χ0n) is 15.4. The number of thiophene rings is 1. The van der Waals surface area contributed by atoms with Gasteiger partial charge < -0.3 is 10.1 Å². The van der Waals surface area contributed by atoms with Crippen LogP contribution in [-0.4, -0.2) is 23.5 Å². The first kappa shape index (κ1) is 20.0. The van der Waals surface area contributed by atoms with Crippen molar-refractivity contribution in [3.63, 3.8) is 0 Å². The molecule has 0 aliphatic carbocycles. The van der Waals surface area contributed by atoms with Crippen LogP contribution in [-0.2, 0) is 9.53 Å². The van der Waals surface area contributed by atoms with Crippen LogP contribution >= 0.6 is 22.9 Å². The van der Waals surface area contributed by atoms with Crippen LogP contribution in [0.25, 0.3) is 0 Å². The van der Waals surface area contributed by atoms with Gasteiger partial charge in [0.05, 0.1) is 11.6 Å². The summed E-state index contributed by atoms with van der Waals surface area (Å²) in [5, 5.41) is 4.95. The normalized spacial score (nSPS) is 11.7. The van der Waals surface area contributed by atoms with E-state index in [9.17, 15) is 9.59 Å². The van der Waals surface area contributed by atoms with Gasteiger partial charge in [0.15, 0.2) is 6.61 Å². The van der Waals surface area contributed by atoms with Gasteiger partial charge in [0.25, 0.3) is 5.91 Å². The number of aryl methyl sites for hydroxylation is 2.